The Balaban J connectivity index is 1.68. The first-order chi connectivity index (χ1) is 13.5. The zero-order chi connectivity index (χ0) is 19.9. The van der Waals surface area contributed by atoms with Crippen LogP contribution in [0.3, 0.4) is 0 Å². The van der Waals surface area contributed by atoms with Crippen molar-refractivity contribution in [2.24, 2.45) is 4.99 Å². The van der Waals surface area contributed by atoms with Crippen LogP contribution in [0.1, 0.15) is 5.56 Å². The Labute approximate surface area is 178 Å². The van der Waals surface area contributed by atoms with Crippen LogP contribution in [-0.2, 0) is 4.79 Å². The van der Waals surface area contributed by atoms with Gasteiger partial charge in [0.25, 0.3) is 0 Å². The summed E-state index contributed by atoms with van der Waals surface area (Å²) in [5, 5.41) is 8.74. The molecule has 1 N–H and O–H groups in total. The predicted octanol–water partition coefficient (Wildman–Crippen LogP) is 6.22. The second-order valence-electron chi connectivity index (χ2n) is 5.66. The summed E-state index contributed by atoms with van der Waals surface area (Å²) in [7, 11) is 0. The van der Waals surface area contributed by atoms with E-state index in [1.165, 1.54) is 0 Å². The number of benzene rings is 3. The Kier molecular flexibility index (Phi) is 6.84. The maximum absolute atomic E-state index is 10.7. The highest BCUT2D eigenvalue weighted by atomic mass is 79.9. The monoisotopic (exact) mass is 503 g/mol. The van der Waals surface area contributed by atoms with Gasteiger partial charge in [0.05, 0.1) is 14.6 Å². The average Bonchev–Trinajstić information content (AvgIpc) is 2.67. The van der Waals surface area contributed by atoms with E-state index in [4.69, 9.17) is 14.6 Å². The summed E-state index contributed by atoms with van der Waals surface area (Å²) in [5.41, 5.74) is 1.60. The van der Waals surface area contributed by atoms with Crippen LogP contribution < -0.4 is 9.47 Å². The number of aliphatic imine (C=N–C) groups is 1. The molecule has 0 aliphatic carbocycles. The lowest BCUT2D eigenvalue weighted by molar-refractivity contribution is -0.139. The normalized spacial score (nSPS) is 10.8. The lowest BCUT2D eigenvalue weighted by atomic mass is 10.2. The largest absolute Gasteiger partial charge is 0.480 e. The topological polar surface area (TPSA) is 68.1 Å². The number of para-hydroxylation sites is 1. The molecule has 0 fully saturated rings. The molecule has 28 heavy (non-hydrogen) atoms. The Morgan fingerprint density at radius 3 is 2.18 bits per heavy atom. The molecule has 7 heteroatoms. The van der Waals surface area contributed by atoms with E-state index in [2.05, 4.69) is 36.9 Å². The Morgan fingerprint density at radius 1 is 0.964 bits per heavy atom. The number of carbonyl (C=O) groups is 1. The van der Waals surface area contributed by atoms with Crippen molar-refractivity contribution >= 4 is 49.7 Å². The number of carboxylic acid groups (broad SMARTS) is 1. The van der Waals surface area contributed by atoms with E-state index in [1.54, 1.807) is 18.3 Å². The molecular weight excluding hydrogens is 490 g/mol. The molecule has 0 saturated heterocycles. The van der Waals surface area contributed by atoms with Gasteiger partial charge in [0, 0.05) is 6.21 Å². The third-order valence-electron chi connectivity index (χ3n) is 3.54. The maximum Gasteiger partial charge on any atom is 0.341 e. The number of carboxylic acids is 1. The van der Waals surface area contributed by atoms with E-state index < -0.39 is 12.6 Å². The molecule has 0 aliphatic heterocycles. The van der Waals surface area contributed by atoms with E-state index in [1.807, 2.05) is 54.6 Å². The third-order valence-corrected chi connectivity index (χ3v) is 4.72. The van der Waals surface area contributed by atoms with Gasteiger partial charge in [-0.2, -0.15) is 0 Å². The Bertz CT molecular complexity index is 966. The highest BCUT2D eigenvalue weighted by Gasteiger charge is 2.10. The Morgan fingerprint density at radius 2 is 1.57 bits per heavy atom. The van der Waals surface area contributed by atoms with Gasteiger partial charge in [-0.15, -0.1) is 0 Å². The van der Waals surface area contributed by atoms with Crippen molar-refractivity contribution in [1.29, 1.82) is 0 Å². The lowest BCUT2D eigenvalue weighted by Gasteiger charge is -2.09. The van der Waals surface area contributed by atoms with Gasteiger partial charge >= 0.3 is 5.97 Å². The van der Waals surface area contributed by atoms with Crippen LogP contribution in [0.5, 0.6) is 17.2 Å². The van der Waals surface area contributed by atoms with Crippen LogP contribution in [-0.4, -0.2) is 23.9 Å². The molecule has 3 aromatic rings. The molecule has 0 spiro atoms. The summed E-state index contributed by atoms with van der Waals surface area (Å²) in [6, 6.07) is 20.6. The molecule has 0 radical (unpaired) electrons. The Hall–Kier alpha value is -2.64. The predicted molar refractivity (Wildman–Crippen MR) is 115 cm³/mol. The first-order valence-electron chi connectivity index (χ1n) is 8.22. The minimum Gasteiger partial charge on any atom is -0.480 e. The summed E-state index contributed by atoms with van der Waals surface area (Å²) in [5.74, 6) is 0.903. The van der Waals surface area contributed by atoms with E-state index in [0.29, 0.717) is 14.7 Å². The van der Waals surface area contributed by atoms with E-state index >= 15 is 0 Å². The quantitative estimate of drug-likeness (QED) is 0.388. The van der Waals surface area contributed by atoms with Crippen molar-refractivity contribution in [2.45, 2.75) is 0 Å². The number of halogens is 2. The molecule has 0 heterocycles. The number of hydrogen-bond acceptors (Lipinski definition) is 4. The number of rotatable bonds is 7. The standard InChI is InChI=1S/C21H15Br2NO4/c22-18-10-14(11-19(23)21(18)27-13-20(25)26)12-24-15-6-8-17(9-7-15)28-16-4-2-1-3-5-16/h1-12H,13H2,(H,25,26). The van der Waals surface area contributed by atoms with Crippen molar-refractivity contribution in [3.63, 3.8) is 0 Å². The third kappa shape index (κ3) is 5.68. The molecule has 142 valence electrons. The van der Waals surface area contributed by atoms with Crippen molar-refractivity contribution in [3.8, 4) is 17.2 Å². The van der Waals surface area contributed by atoms with Gasteiger partial charge in [0.15, 0.2) is 6.61 Å². The van der Waals surface area contributed by atoms with Crippen LogP contribution in [0.15, 0.2) is 80.7 Å². The van der Waals surface area contributed by atoms with Gasteiger partial charge in [-0.1, -0.05) is 18.2 Å². The number of nitrogens with zero attached hydrogens (tertiary/aromatic N) is 1. The number of ether oxygens (including phenoxy) is 2. The molecule has 3 rings (SSSR count). The molecule has 0 unspecified atom stereocenters. The molecule has 0 atom stereocenters. The van der Waals surface area contributed by atoms with Crippen LogP contribution in [0.2, 0.25) is 0 Å². The van der Waals surface area contributed by atoms with Crippen LogP contribution >= 0.6 is 31.9 Å². The van der Waals surface area contributed by atoms with E-state index in [9.17, 15) is 4.79 Å². The number of hydrogen-bond donors (Lipinski definition) is 1. The van der Waals surface area contributed by atoms with Crippen LogP contribution in [0.25, 0.3) is 0 Å². The minimum atomic E-state index is -1.04. The molecule has 3 aromatic carbocycles. The molecule has 5 nitrogen and oxygen atoms in total. The summed E-state index contributed by atoms with van der Waals surface area (Å²) < 4.78 is 12.3. The first kappa shape index (κ1) is 20.1. The summed E-state index contributed by atoms with van der Waals surface area (Å²) in [6.45, 7) is -0.415. The molecule has 0 aliphatic rings. The minimum absolute atomic E-state index is 0.415. The van der Waals surface area contributed by atoms with Crippen molar-refractivity contribution < 1.29 is 19.4 Å². The fourth-order valence-electron chi connectivity index (χ4n) is 2.30. The van der Waals surface area contributed by atoms with E-state index in [0.717, 1.165) is 22.7 Å². The molecule has 0 saturated carbocycles. The van der Waals surface area contributed by atoms with Gasteiger partial charge in [0.2, 0.25) is 0 Å². The first-order valence-corrected chi connectivity index (χ1v) is 9.80. The number of aliphatic carboxylic acids is 1. The van der Waals surface area contributed by atoms with Gasteiger partial charge in [-0.25, -0.2) is 4.79 Å². The highest BCUT2D eigenvalue weighted by Crippen LogP contribution is 2.34. The van der Waals surface area contributed by atoms with Crippen molar-refractivity contribution in [3.05, 3.63) is 81.2 Å². The van der Waals surface area contributed by atoms with Crippen molar-refractivity contribution in [2.75, 3.05) is 6.61 Å². The van der Waals surface area contributed by atoms with Crippen molar-refractivity contribution in [1.82, 2.24) is 0 Å². The zero-order valence-corrected chi connectivity index (χ0v) is 17.7. The summed E-state index contributed by atoms with van der Waals surface area (Å²) in [4.78, 5) is 15.1. The summed E-state index contributed by atoms with van der Waals surface area (Å²) in [6.07, 6.45) is 1.71. The highest BCUT2D eigenvalue weighted by molar-refractivity contribution is 9.11. The van der Waals surface area contributed by atoms with Crippen LogP contribution in [0, 0.1) is 0 Å². The average molecular weight is 505 g/mol. The molecule has 0 amide bonds. The summed E-state index contributed by atoms with van der Waals surface area (Å²) >= 11 is 6.78. The second kappa shape index (κ2) is 9.52. The SMILES string of the molecule is O=C(O)COc1c(Br)cc(C=Nc2ccc(Oc3ccccc3)cc2)cc1Br. The van der Waals surface area contributed by atoms with Gasteiger partial charge < -0.3 is 14.6 Å². The maximum atomic E-state index is 10.7. The fraction of sp³-hybridized carbons (Fsp3) is 0.0476. The van der Waals surface area contributed by atoms with Gasteiger partial charge in [-0.05, 0) is 86.0 Å². The second-order valence-corrected chi connectivity index (χ2v) is 7.37. The smallest absolute Gasteiger partial charge is 0.341 e. The van der Waals surface area contributed by atoms with E-state index in [-0.39, 0.29) is 0 Å². The molecule has 0 bridgehead atoms. The van der Waals surface area contributed by atoms with Gasteiger partial charge in [-0.3, -0.25) is 4.99 Å². The fourth-order valence-corrected chi connectivity index (χ4v) is 3.75. The zero-order valence-electron chi connectivity index (χ0n) is 14.5. The molecular formula is C21H15Br2NO4. The van der Waals surface area contributed by atoms with Crippen LogP contribution in [0.4, 0.5) is 5.69 Å². The van der Waals surface area contributed by atoms with Gasteiger partial charge in [0.1, 0.15) is 17.2 Å². The lowest BCUT2D eigenvalue weighted by Crippen LogP contribution is -2.10. The molecule has 0 aromatic heterocycles.